The summed E-state index contributed by atoms with van der Waals surface area (Å²) >= 11 is 2.99. The van der Waals surface area contributed by atoms with Crippen LogP contribution < -0.4 is 10.6 Å². The van der Waals surface area contributed by atoms with Crippen LogP contribution in [-0.4, -0.2) is 31.1 Å². The van der Waals surface area contributed by atoms with Crippen LogP contribution in [0.25, 0.3) is 0 Å². The number of esters is 2. The molecular formula is C36H38N2O5S2. The first kappa shape index (κ1) is 31.0. The molecule has 45 heavy (non-hydrogen) atoms. The summed E-state index contributed by atoms with van der Waals surface area (Å²) < 4.78 is 11.1. The highest BCUT2D eigenvalue weighted by molar-refractivity contribution is 7.17. The van der Waals surface area contributed by atoms with Gasteiger partial charge in [0, 0.05) is 9.75 Å². The molecule has 0 aliphatic heterocycles. The minimum absolute atomic E-state index is 0.246. The average molecular weight is 643 g/mol. The Hall–Kier alpha value is -3.95. The van der Waals surface area contributed by atoms with E-state index in [1.165, 1.54) is 22.7 Å². The fraction of sp³-hybridized carbons (Fsp3) is 0.361. The molecule has 0 spiro atoms. The van der Waals surface area contributed by atoms with Gasteiger partial charge in [0.1, 0.15) is 10.0 Å². The van der Waals surface area contributed by atoms with E-state index in [4.69, 9.17) is 9.47 Å². The molecule has 0 bridgehead atoms. The van der Waals surface area contributed by atoms with Crippen LogP contribution in [0, 0.1) is 0 Å². The zero-order valence-electron chi connectivity index (χ0n) is 25.7. The molecular weight excluding hydrogens is 605 g/mol. The highest BCUT2D eigenvalue weighted by Gasteiger charge is 2.45. The van der Waals surface area contributed by atoms with Crippen LogP contribution in [-0.2, 0) is 45.5 Å². The molecule has 1 amide bonds. The summed E-state index contributed by atoms with van der Waals surface area (Å²) in [6.07, 6.45) is 7.41. The zero-order valence-corrected chi connectivity index (χ0v) is 27.3. The minimum Gasteiger partial charge on any atom is -0.462 e. The molecule has 0 fully saturated rings. The van der Waals surface area contributed by atoms with Crippen LogP contribution in [0.5, 0.6) is 0 Å². The van der Waals surface area contributed by atoms with Gasteiger partial charge in [-0.2, -0.15) is 0 Å². The maximum Gasteiger partial charge on any atom is 0.341 e. The molecule has 0 radical (unpaired) electrons. The van der Waals surface area contributed by atoms with E-state index in [2.05, 4.69) is 10.6 Å². The van der Waals surface area contributed by atoms with Crippen LogP contribution in [0.15, 0.2) is 60.7 Å². The van der Waals surface area contributed by atoms with Crippen molar-refractivity contribution in [1.82, 2.24) is 0 Å². The molecule has 2 heterocycles. The van der Waals surface area contributed by atoms with Crippen molar-refractivity contribution in [3.05, 3.63) is 104 Å². The van der Waals surface area contributed by atoms with E-state index < -0.39 is 11.5 Å². The number of fused-ring (bicyclic) bond motifs is 2. The largest absolute Gasteiger partial charge is 0.462 e. The first-order chi connectivity index (χ1) is 22.0. The first-order valence-corrected chi connectivity index (χ1v) is 17.4. The lowest BCUT2D eigenvalue weighted by Gasteiger charge is -2.35. The topological polar surface area (TPSA) is 93.7 Å². The van der Waals surface area contributed by atoms with Gasteiger partial charge >= 0.3 is 11.9 Å². The van der Waals surface area contributed by atoms with Gasteiger partial charge in [0.2, 0.25) is 0 Å². The number of rotatable bonds is 10. The van der Waals surface area contributed by atoms with Gasteiger partial charge in [0.25, 0.3) is 5.91 Å². The number of carbonyl (C=O) groups excluding carboxylic acids is 3. The van der Waals surface area contributed by atoms with E-state index >= 15 is 4.79 Å². The Morgan fingerprint density at radius 3 is 1.60 bits per heavy atom. The molecule has 0 saturated carbocycles. The predicted molar refractivity (Wildman–Crippen MR) is 180 cm³/mol. The maximum atomic E-state index is 15.1. The van der Waals surface area contributed by atoms with Crippen molar-refractivity contribution in [2.45, 2.75) is 70.8 Å². The Kier molecular flexibility index (Phi) is 9.37. The van der Waals surface area contributed by atoms with Gasteiger partial charge in [0.15, 0.2) is 5.54 Å². The summed E-state index contributed by atoms with van der Waals surface area (Å²) in [6, 6.07) is 19.1. The smallest absolute Gasteiger partial charge is 0.341 e. The summed E-state index contributed by atoms with van der Waals surface area (Å²) in [7, 11) is 0. The Balaban J connectivity index is 1.53. The summed E-state index contributed by atoms with van der Waals surface area (Å²) in [5, 5.41) is 7.96. The number of ether oxygens (including phenoxy) is 2. The number of carbonyl (C=O) groups is 3. The fourth-order valence-electron chi connectivity index (χ4n) is 6.52. The van der Waals surface area contributed by atoms with Gasteiger partial charge in [-0.25, -0.2) is 9.59 Å². The number of amides is 1. The number of benzene rings is 2. The van der Waals surface area contributed by atoms with Crippen LogP contribution in [0.2, 0.25) is 0 Å². The molecule has 234 valence electrons. The second-order valence-electron chi connectivity index (χ2n) is 11.3. The molecule has 2 aromatic carbocycles. The number of hydrogen-bond acceptors (Lipinski definition) is 8. The van der Waals surface area contributed by atoms with Crippen molar-refractivity contribution >= 4 is 50.5 Å². The molecule has 0 atom stereocenters. The molecule has 7 nitrogen and oxygen atoms in total. The van der Waals surface area contributed by atoms with Gasteiger partial charge in [-0.3, -0.25) is 4.79 Å². The van der Waals surface area contributed by atoms with Crippen molar-refractivity contribution in [1.29, 1.82) is 0 Å². The lowest BCUT2D eigenvalue weighted by Crippen LogP contribution is -2.48. The van der Waals surface area contributed by atoms with Crippen molar-refractivity contribution < 1.29 is 23.9 Å². The van der Waals surface area contributed by atoms with Gasteiger partial charge in [-0.05, 0) is 87.5 Å². The Labute approximate surface area is 272 Å². The average Bonchev–Trinajstić information content (AvgIpc) is 3.62. The minimum atomic E-state index is -1.45. The third-order valence-corrected chi connectivity index (χ3v) is 11.0. The van der Waals surface area contributed by atoms with E-state index in [1.54, 1.807) is 13.8 Å². The predicted octanol–water partition coefficient (Wildman–Crippen LogP) is 7.92. The normalized spacial score (nSPS) is 14.2. The Morgan fingerprint density at radius 2 is 1.11 bits per heavy atom. The van der Waals surface area contributed by atoms with Crippen LogP contribution in [0.3, 0.4) is 0 Å². The van der Waals surface area contributed by atoms with E-state index in [1.807, 2.05) is 60.7 Å². The SMILES string of the molecule is CCOC(=O)c1c(NC(=O)C(Nc2sc3c(c2C(=O)OCC)CCCC3)(c2ccccc2)c2ccccc2)sc2c1CCCC2. The molecule has 2 aromatic heterocycles. The maximum absolute atomic E-state index is 15.1. The zero-order chi connectivity index (χ0) is 31.4. The highest BCUT2D eigenvalue weighted by Crippen LogP contribution is 2.45. The number of anilines is 2. The summed E-state index contributed by atoms with van der Waals surface area (Å²) in [5.74, 6) is -1.16. The van der Waals surface area contributed by atoms with Crippen LogP contribution in [0.1, 0.15) is 92.3 Å². The van der Waals surface area contributed by atoms with Crippen molar-refractivity contribution in [3.8, 4) is 0 Å². The lowest BCUT2D eigenvalue weighted by atomic mass is 9.81. The van der Waals surface area contributed by atoms with Crippen LogP contribution >= 0.6 is 22.7 Å². The van der Waals surface area contributed by atoms with E-state index in [0.29, 0.717) is 32.3 Å². The molecule has 9 heteroatoms. The third kappa shape index (κ3) is 5.91. The van der Waals surface area contributed by atoms with Crippen molar-refractivity contribution in [3.63, 3.8) is 0 Å². The Bertz CT molecular complexity index is 1650. The molecule has 0 saturated heterocycles. The molecule has 6 rings (SSSR count). The second-order valence-corrected chi connectivity index (χ2v) is 13.5. The van der Waals surface area contributed by atoms with Crippen LogP contribution in [0.4, 0.5) is 10.0 Å². The number of nitrogens with one attached hydrogen (secondary N) is 2. The van der Waals surface area contributed by atoms with E-state index in [-0.39, 0.29) is 25.1 Å². The summed E-state index contributed by atoms with van der Waals surface area (Å²) in [4.78, 5) is 44.2. The van der Waals surface area contributed by atoms with E-state index in [0.717, 1.165) is 72.2 Å². The standard InChI is InChI=1S/C36H38N2O5S2/c1-3-42-33(39)29-25-19-11-13-21-27(25)44-31(29)37-35(41)36(23-15-7-5-8-16-23,24-17-9-6-10-18-24)38-32-30(34(40)43-4-2)26-20-12-14-22-28(26)45-32/h5-10,15-18,38H,3-4,11-14,19-22H2,1-2H3,(H,37,41). The van der Waals surface area contributed by atoms with Crippen molar-refractivity contribution in [2.75, 3.05) is 23.8 Å². The second kappa shape index (κ2) is 13.6. The Morgan fingerprint density at radius 1 is 0.667 bits per heavy atom. The molecule has 4 aromatic rings. The highest BCUT2D eigenvalue weighted by atomic mass is 32.1. The van der Waals surface area contributed by atoms with Gasteiger partial charge < -0.3 is 20.1 Å². The van der Waals surface area contributed by atoms with E-state index in [9.17, 15) is 9.59 Å². The fourth-order valence-corrected chi connectivity index (χ4v) is 9.13. The van der Waals surface area contributed by atoms with Gasteiger partial charge in [-0.15, -0.1) is 22.7 Å². The quantitative estimate of drug-likeness (QED) is 0.171. The van der Waals surface area contributed by atoms with Gasteiger partial charge in [0.05, 0.1) is 24.3 Å². The third-order valence-electron chi connectivity index (χ3n) is 8.58. The summed E-state index contributed by atoms with van der Waals surface area (Å²) in [5.41, 5.74) is 2.92. The molecule has 0 unspecified atom stereocenters. The van der Waals surface area contributed by atoms with Gasteiger partial charge in [-0.1, -0.05) is 60.7 Å². The number of hydrogen-bond donors (Lipinski definition) is 2. The van der Waals surface area contributed by atoms with Crippen molar-refractivity contribution in [2.24, 2.45) is 0 Å². The lowest BCUT2D eigenvalue weighted by molar-refractivity contribution is -0.119. The summed E-state index contributed by atoms with van der Waals surface area (Å²) in [6.45, 7) is 4.09. The molecule has 2 aliphatic carbocycles. The monoisotopic (exact) mass is 642 g/mol. The number of aryl methyl sites for hydroxylation is 2. The number of thiophene rings is 2. The molecule has 2 N–H and O–H groups in total. The first-order valence-electron chi connectivity index (χ1n) is 15.8. The molecule has 2 aliphatic rings.